The Labute approximate surface area is 115 Å². The molecule has 1 N–H and O–H groups in total. The molecule has 2 unspecified atom stereocenters. The summed E-state index contributed by atoms with van der Waals surface area (Å²) in [6.07, 6.45) is 5.59. The van der Waals surface area contributed by atoms with Crippen molar-refractivity contribution in [2.45, 2.75) is 38.5 Å². The largest absolute Gasteiger partial charge is 0.316 e. The van der Waals surface area contributed by atoms with Crippen LogP contribution < -0.4 is 5.32 Å². The van der Waals surface area contributed by atoms with Gasteiger partial charge in [-0.05, 0) is 48.4 Å². The third-order valence-electron chi connectivity index (χ3n) is 4.77. The molecule has 18 heavy (non-hydrogen) atoms. The Bertz CT molecular complexity index is 427. The zero-order chi connectivity index (χ0) is 12.6. The van der Waals surface area contributed by atoms with E-state index >= 15 is 0 Å². The van der Waals surface area contributed by atoms with Gasteiger partial charge in [0.25, 0.3) is 0 Å². The predicted octanol–water partition coefficient (Wildman–Crippen LogP) is 4.22. The molecule has 2 atom stereocenters. The van der Waals surface area contributed by atoms with E-state index in [1.807, 2.05) is 6.07 Å². The molecule has 2 heteroatoms. The Kier molecular flexibility index (Phi) is 3.38. The molecular formula is C16H22ClN. The molecule has 1 heterocycles. The van der Waals surface area contributed by atoms with Crippen LogP contribution in [0.3, 0.4) is 0 Å². The maximum absolute atomic E-state index is 6.15. The van der Waals surface area contributed by atoms with Crippen molar-refractivity contribution in [3.63, 3.8) is 0 Å². The quantitative estimate of drug-likeness (QED) is 0.861. The molecule has 0 aromatic heterocycles. The summed E-state index contributed by atoms with van der Waals surface area (Å²) in [6, 6.07) is 8.46. The highest BCUT2D eigenvalue weighted by Crippen LogP contribution is 2.50. The number of piperidine rings is 1. The lowest BCUT2D eigenvalue weighted by Crippen LogP contribution is -2.42. The van der Waals surface area contributed by atoms with Gasteiger partial charge in [-0.25, -0.2) is 0 Å². The molecule has 2 fully saturated rings. The van der Waals surface area contributed by atoms with Crippen molar-refractivity contribution >= 4 is 11.6 Å². The molecule has 0 amide bonds. The third-order valence-corrected chi connectivity index (χ3v) is 5.00. The van der Waals surface area contributed by atoms with Gasteiger partial charge in [-0.1, -0.05) is 43.5 Å². The van der Waals surface area contributed by atoms with E-state index in [2.05, 4.69) is 30.4 Å². The zero-order valence-electron chi connectivity index (χ0n) is 11.1. The van der Waals surface area contributed by atoms with Gasteiger partial charge in [0.05, 0.1) is 0 Å². The molecular weight excluding hydrogens is 242 g/mol. The molecule has 1 aliphatic carbocycles. The predicted molar refractivity (Wildman–Crippen MR) is 77.1 cm³/mol. The van der Waals surface area contributed by atoms with E-state index in [1.54, 1.807) is 0 Å². The zero-order valence-corrected chi connectivity index (χ0v) is 11.8. The van der Waals surface area contributed by atoms with E-state index in [0.29, 0.717) is 11.3 Å². The van der Waals surface area contributed by atoms with Crippen LogP contribution in [0.4, 0.5) is 0 Å². The second-order valence-electron chi connectivity index (χ2n) is 6.36. The number of halogens is 1. The fraction of sp³-hybridized carbons (Fsp3) is 0.625. The molecule has 1 aromatic carbocycles. The highest BCUT2D eigenvalue weighted by Gasteiger charge is 2.41. The minimum atomic E-state index is 0.455. The maximum atomic E-state index is 6.15. The minimum absolute atomic E-state index is 0.455. The van der Waals surface area contributed by atoms with Gasteiger partial charge in [-0.3, -0.25) is 0 Å². The topological polar surface area (TPSA) is 12.0 Å². The lowest BCUT2D eigenvalue weighted by atomic mass is 9.66. The van der Waals surface area contributed by atoms with Gasteiger partial charge in [-0.2, -0.15) is 0 Å². The van der Waals surface area contributed by atoms with Crippen molar-refractivity contribution in [3.8, 4) is 0 Å². The molecule has 0 bridgehead atoms. The fourth-order valence-corrected chi connectivity index (χ4v) is 3.71. The smallest absolute Gasteiger partial charge is 0.0408 e. The lowest BCUT2D eigenvalue weighted by Gasteiger charge is -2.42. The van der Waals surface area contributed by atoms with Crippen molar-refractivity contribution in [2.24, 2.45) is 11.3 Å². The van der Waals surface area contributed by atoms with Crippen molar-refractivity contribution in [3.05, 3.63) is 34.9 Å². The van der Waals surface area contributed by atoms with Gasteiger partial charge in [0.1, 0.15) is 0 Å². The first kappa shape index (κ1) is 12.5. The second-order valence-corrected chi connectivity index (χ2v) is 6.80. The maximum Gasteiger partial charge on any atom is 0.0408 e. The summed E-state index contributed by atoms with van der Waals surface area (Å²) >= 11 is 6.15. The first-order valence-electron chi connectivity index (χ1n) is 7.13. The van der Waals surface area contributed by atoms with Crippen LogP contribution in [-0.2, 0) is 0 Å². The first-order chi connectivity index (χ1) is 8.67. The van der Waals surface area contributed by atoms with Crippen LogP contribution in [0.2, 0.25) is 5.02 Å². The molecule has 1 aromatic rings. The molecule has 0 spiro atoms. The van der Waals surface area contributed by atoms with E-state index in [-0.39, 0.29) is 0 Å². The van der Waals surface area contributed by atoms with Crippen LogP contribution in [0.15, 0.2) is 24.3 Å². The Morgan fingerprint density at radius 1 is 1.39 bits per heavy atom. The second kappa shape index (κ2) is 4.86. The molecule has 1 saturated carbocycles. The molecule has 3 rings (SSSR count). The fourth-order valence-electron chi connectivity index (χ4n) is 3.51. The highest BCUT2D eigenvalue weighted by molar-refractivity contribution is 6.30. The van der Waals surface area contributed by atoms with Gasteiger partial charge in [0.2, 0.25) is 0 Å². The molecule has 1 nitrogen and oxygen atoms in total. The number of nitrogens with one attached hydrogen (secondary N) is 1. The third kappa shape index (κ3) is 2.57. The SMILES string of the molecule is CC1(CC2CC2)CCNCC1c1cccc(Cl)c1. The van der Waals surface area contributed by atoms with Crippen LogP contribution in [0, 0.1) is 11.3 Å². The summed E-state index contributed by atoms with van der Waals surface area (Å²) in [6.45, 7) is 4.75. The minimum Gasteiger partial charge on any atom is -0.316 e. The van der Waals surface area contributed by atoms with E-state index in [1.165, 1.54) is 37.8 Å². The summed E-state index contributed by atoms with van der Waals surface area (Å²) in [5, 5.41) is 4.43. The average molecular weight is 264 g/mol. The van der Waals surface area contributed by atoms with Gasteiger partial charge >= 0.3 is 0 Å². The standard InChI is InChI=1S/C16H22ClN/c1-16(10-12-5-6-12)7-8-18-11-15(16)13-3-2-4-14(17)9-13/h2-4,9,12,15,18H,5-8,10-11H2,1H3. The Morgan fingerprint density at radius 3 is 2.94 bits per heavy atom. The summed E-state index contributed by atoms with van der Waals surface area (Å²) in [5.74, 6) is 1.61. The Balaban J connectivity index is 1.86. The lowest BCUT2D eigenvalue weighted by molar-refractivity contribution is 0.163. The molecule has 2 aliphatic rings. The van der Waals surface area contributed by atoms with E-state index in [0.717, 1.165) is 17.5 Å². The van der Waals surface area contributed by atoms with E-state index < -0.39 is 0 Å². The summed E-state index contributed by atoms with van der Waals surface area (Å²) in [7, 11) is 0. The summed E-state index contributed by atoms with van der Waals surface area (Å²) in [4.78, 5) is 0. The van der Waals surface area contributed by atoms with Gasteiger partial charge in [0, 0.05) is 17.5 Å². The van der Waals surface area contributed by atoms with Crippen LogP contribution in [-0.4, -0.2) is 13.1 Å². The molecule has 98 valence electrons. The molecule has 1 aliphatic heterocycles. The summed E-state index contributed by atoms with van der Waals surface area (Å²) < 4.78 is 0. The van der Waals surface area contributed by atoms with Crippen molar-refractivity contribution in [1.29, 1.82) is 0 Å². The van der Waals surface area contributed by atoms with Crippen LogP contribution >= 0.6 is 11.6 Å². The van der Waals surface area contributed by atoms with Gasteiger partial charge < -0.3 is 5.32 Å². The average Bonchev–Trinajstić information content (AvgIpc) is 3.13. The van der Waals surface area contributed by atoms with Crippen molar-refractivity contribution in [2.75, 3.05) is 13.1 Å². The van der Waals surface area contributed by atoms with Crippen molar-refractivity contribution < 1.29 is 0 Å². The summed E-state index contributed by atoms with van der Waals surface area (Å²) in [5.41, 5.74) is 1.87. The Morgan fingerprint density at radius 2 is 2.22 bits per heavy atom. The normalized spacial score (nSPS) is 32.4. The van der Waals surface area contributed by atoms with E-state index in [4.69, 9.17) is 11.6 Å². The van der Waals surface area contributed by atoms with Crippen LogP contribution in [0.5, 0.6) is 0 Å². The number of hydrogen-bond acceptors (Lipinski definition) is 1. The Hall–Kier alpha value is -0.530. The number of benzene rings is 1. The molecule has 1 saturated heterocycles. The van der Waals surface area contributed by atoms with Crippen LogP contribution in [0.25, 0.3) is 0 Å². The monoisotopic (exact) mass is 263 g/mol. The number of rotatable bonds is 3. The molecule has 0 radical (unpaired) electrons. The highest BCUT2D eigenvalue weighted by atomic mass is 35.5. The first-order valence-corrected chi connectivity index (χ1v) is 7.51. The number of hydrogen-bond donors (Lipinski definition) is 1. The van der Waals surface area contributed by atoms with Gasteiger partial charge in [0.15, 0.2) is 0 Å². The van der Waals surface area contributed by atoms with Crippen molar-refractivity contribution in [1.82, 2.24) is 5.32 Å². The van der Waals surface area contributed by atoms with E-state index in [9.17, 15) is 0 Å². The van der Waals surface area contributed by atoms with Gasteiger partial charge in [-0.15, -0.1) is 0 Å². The van der Waals surface area contributed by atoms with Crippen LogP contribution in [0.1, 0.15) is 44.1 Å².